The predicted molar refractivity (Wildman–Crippen MR) is 94.5 cm³/mol. The van der Waals surface area contributed by atoms with Gasteiger partial charge in [0.05, 0.1) is 0 Å². The van der Waals surface area contributed by atoms with Gasteiger partial charge in [-0.25, -0.2) is 4.79 Å². The van der Waals surface area contributed by atoms with Gasteiger partial charge >= 0.3 is 12.0 Å². The minimum Gasteiger partial charge on any atom is -0.481 e. The molecule has 7 nitrogen and oxygen atoms in total. The van der Waals surface area contributed by atoms with Gasteiger partial charge < -0.3 is 20.6 Å². The molecule has 0 unspecified atom stereocenters. The van der Waals surface area contributed by atoms with E-state index in [1.165, 1.54) is 0 Å². The van der Waals surface area contributed by atoms with Crippen molar-refractivity contribution < 1.29 is 19.5 Å². The lowest BCUT2D eigenvalue weighted by molar-refractivity contribution is -0.137. The highest BCUT2D eigenvalue weighted by Gasteiger charge is 2.17. The Hall–Kier alpha value is -2.57. The Morgan fingerprint density at radius 1 is 1.04 bits per heavy atom. The van der Waals surface area contributed by atoms with Gasteiger partial charge in [-0.1, -0.05) is 12.1 Å². The smallest absolute Gasteiger partial charge is 0.319 e. The molecule has 3 amide bonds. The normalized spacial score (nSPS) is 13.5. The number of nitrogens with zero attached hydrogens (tertiary/aromatic N) is 1. The molecule has 1 aliphatic heterocycles. The average molecular weight is 347 g/mol. The van der Waals surface area contributed by atoms with E-state index < -0.39 is 5.97 Å². The summed E-state index contributed by atoms with van der Waals surface area (Å²) in [6.45, 7) is 2.07. The Balaban J connectivity index is 1.69. The molecular weight excluding hydrogens is 322 g/mol. The summed E-state index contributed by atoms with van der Waals surface area (Å²) in [6.07, 6.45) is 3.83. The highest BCUT2D eigenvalue weighted by atomic mass is 16.4. The van der Waals surface area contributed by atoms with Crippen LogP contribution in [0.25, 0.3) is 0 Å². The molecule has 1 saturated heterocycles. The van der Waals surface area contributed by atoms with Crippen molar-refractivity contribution in [3.05, 3.63) is 29.8 Å². The van der Waals surface area contributed by atoms with Crippen LogP contribution in [0, 0.1) is 0 Å². The topological polar surface area (TPSA) is 98.7 Å². The van der Waals surface area contributed by atoms with Crippen LogP contribution >= 0.6 is 0 Å². The number of aliphatic carboxylic acids is 1. The lowest BCUT2D eigenvalue weighted by Crippen LogP contribution is -2.29. The summed E-state index contributed by atoms with van der Waals surface area (Å²) in [5, 5.41) is 13.8. The number of likely N-dealkylation sites (tertiary alicyclic amines) is 1. The Labute approximate surface area is 147 Å². The van der Waals surface area contributed by atoms with Crippen molar-refractivity contribution in [2.75, 3.05) is 25.0 Å². The summed E-state index contributed by atoms with van der Waals surface area (Å²) in [7, 11) is 0. The molecule has 7 heteroatoms. The number of carboxylic acid groups (broad SMARTS) is 1. The number of benzene rings is 1. The number of rotatable bonds is 8. The van der Waals surface area contributed by atoms with Crippen molar-refractivity contribution in [1.29, 1.82) is 0 Å². The number of amides is 3. The molecule has 3 N–H and O–H groups in total. The quantitative estimate of drug-likeness (QED) is 0.628. The molecule has 1 fully saturated rings. The molecular formula is C18H25N3O4. The number of hydrogen-bond donors (Lipinski definition) is 3. The molecule has 0 bridgehead atoms. The second-order valence-electron chi connectivity index (χ2n) is 6.16. The van der Waals surface area contributed by atoms with Gasteiger partial charge in [0.25, 0.3) is 0 Å². The van der Waals surface area contributed by atoms with Crippen LogP contribution in [0.5, 0.6) is 0 Å². The summed E-state index contributed by atoms with van der Waals surface area (Å²) in [6, 6.07) is 7.04. The van der Waals surface area contributed by atoms with Crippen LogP contribution < -0.4 is 10.6 Å². The van der Waals surface area contributed by atoms with Crippen molar-refractivity contribution >= 4 is 23.6 Å². The summed E-state index contributed by atoms with van der Waals surface area (Å²) in [5.41, 5.74) is 1.71. The molecule has 0 aromatic heterocycles. The summed E-state index contributed by atoms with van der Waals surface area (Å²) >= 11 is 0. The van der Waals surface area contributed by atoms with Gasteiger partial charge in [0, 0.05) is 38.2 Å². The second kappa shape index (κ2) is 9.66. The number of hydrogen-bond acceptors (Lipinski definition) is 3. The molecule has 1 aliphatic rings. The zero-order valence-corrected chi connectivity index (χ0v) is 14.3. The largest absolute Gasteiger partial charge is 0.481 e. The molecule has 0 saturated carbocycles. The van der Waals surface area contributed by atoms with E-state index in [2.05, 4.69) is 10.6 Å². The third-order valence-electron chi connectivity index (χ3n) is 4.15. The van der Waals surface area contributed by atoms with E-state index in [0.29, 0.717) is 31.5 Å². The van der Waals surface area contributed by atoms with Gasteiger partial charge in [0.15, 0.2) is 0 Å². The molecule has 25 heavy (non-hydrogen) atoms. The van der Waals surface area contributed by atoms with E-state index in [1.807, 2.05) is 17.0 Å². The van der Waals surface area contributed by atoms with E-state index >= 15 is 0 Å². The zero-order chi connectivity index (χ0) is 18.1. The van der Waals surface area contributed by atoms with Crippen LogP contribution in [-0.4, -0.2) is 47.5 Å². The predicted octanol–water partition coefficient (Wildman–Crippen LogP) is 2.23. The summed E-state index contributed by atoms with van der Waals surface area (Å²) in [4.78, 5) is 36.0. The number of nitrogens with one attached hydrogen (secondary N) is 2. The Morgan fingerprint density at radius 3 is 2.36 bits per heavy atom. The molecule has 136 valence electrons. The number of carbonyl (C=O) groups excluding carboxylic acids is 2. The van der Waals surface area contributed by atoms with Crippen LogP contribution in [0.15, 0.2) is 24.3 Å². The summed E-state index contributed by atoms with van der Waals surface area (Å²) in [5.74, 6) is -0.665. The first-order valence-electron chi connectivity index (χ1n) is 8.68. The third kappa shape index (κ3) is 6.82. The van der Waals surface area contributed by atoms with Crippen LogP contribution in [0.3, 0.4) is 0 Å². The fourth-order valence-corrected chi connectivity index (χ4v) is 2.75. The van der Waals surface area contributed by atoms with E-state index in [0.717, 1.165) is 31.5 Å². The maximum atomic E-state index is 12.0. The van der Waals surface area contributed by atoms with Crippen molar-refractivity contribution in [2.45, 2.75) is 38.5 Å². The standard InChI is InChI=1S/C18H25N3O4/c22-16(21-12-1-2-13-21)10-7-14-5-8-15(9-6-14)20-18(25)19-11-3-4-17(23)24/h5-6,8-9H,1-4,7,10-13H2,(H,23,24)(H2,19,20,25). The molecule has 0 aliphatic carbocycles. The molecule has 1 aromatic carbocycles. The van der Waals surface area contributed by atoms with E-state index in [4.69, 9.17) is 5.11 Å². The minimum absolute atomic E-state index is 0.0329. The fourth-order valence-electron chi connectivity index (χ4n) is 2.75. The number of urea groups is 1. The maximum absolute atomic E-state index is 12.0. The molecule has 0 atom stereocenters. The lowest BCUT2D eigenvalue weighted by atomic mass is 10.1. The summed E-state index contributed by atoms with van der Waals surface area (Å²) < 4.78 is 0. The van der Waals surface area contributed by atoms with Gasteiger partial charge in [-0.3, -0.25) is 9.59 Å². The van der Waals surface area contributed by atoms with Crippen molar-refractivity contribution in [1.82, 2.24) is 10.2 Å². The van der Waals surface area contributed by atoms with Crippen LogP contribution in [0.2, 0.25) is 0 Å². The minimum atomic E-state index is -0.874. The Morgan fingerprint density at radius 2 is 1.72 bits per heavy atom. The van der Waals surface area contributed by atoms with Gasteiger partial charge in [0.1, 0.15) is 0 Å². The average Bonchev–Trinajstić information content (AvgIpc) is 3.12. The Bertz CT molecular complexity index is 595. The molecule has 0 spiro atoms. The van der Waals surface area contributed by atoms with Crippen LogP contribution in [-0.2, 0) is 16.0 Å². The first-order chi connectivity index (χ1) is 12.0. The number of aryl methyl sites for hydroxylation is 1. The molecule has 1 heterocycles. The first-order valence-corrected chi connectivity index (χ1v) is 8.68. The SMILES string of the molecule is O=C(O)CCCNC(=O)Nc1ccc(CCC(=O)N2CCCC2)cc1. The number of carboxylic acids is 1. The molecule has 1 aromatic rings. The van der Waals surface area contributed by atoms with Crippen molar-refractivity contribution in [3.63, 3.8) is 0 Å². The third-order valence-corrected chi connectivity index (χ3v) is 4.15. The molecule has 0 radical (unpaired) electrons. The lowest BCUT2D eigenvalue weighted by Gasteiger charge is -2.15. The number of anilines is 1. The van der Waals surface area contributed by atoms with Gasteiger partial charge in [0.2, 0.25) is 5.91 Å². The fraction of sp³-hybridized carbons (Fsp3) is 0.500. The van der Waals surface area contributed by atoms with E-state index in [9.17, 15) is 14.4 Å². The highest BCUT2D eigenvalue weighted by Crippen LogP contribution is 2.14. The zero-order valence-electron chi connectivity index (χ0n) is 14.3. The van der Waals surface area contributed by atoms with E-state index in [-0.39, 0.29) is 18.4 Å². The maximum Gasteiger partial charge on any atom is 0.319 e. The monoisotopic (exact) mass is 347 g/mol. The number of carbonyl (C=O) groups is 3. The van der Waals surface area contributed by atoms with Crippen molar-refractivity contribution in [2.24, 2.45) is 0 Å². The Kier molecular flexibility index (Phi) is 7.25. The molecule has 2 rings (SSSR count). The van der Waals surface area contributed by atoms with Crippen LogP contribution in [0.4, 0.5) is 10.5 Å². The van der Waals surface area contributed by atoms with Gasteiger partial charge in [-0.2, -0.15) is 0 Å². The van der Waals surface area contributed by atoms with Crippen molar-refractivity contribution in [3.8, 4) is 0 Å². The van der Waals surface area contributed by atoms with Crippen LogP contribution in [0.1, 0.15) is 37.7 Å². The van der Waals surface area contributed by atoms with Gasteiger partial charge in [-0.15, -0.1) is 0 Å². The highest BCUT2D eigenvalue weighted by molar-refractivity contribution is 5.89. The van der Waals surface area contributed by atoms with E-state index in [1.54, 1.807) is 12.1 Å². The van der Waals surface area contributed by atoms with Gasteiger partial charge in [-0.05, 0) is 43.4 Å². The second-order valence-corrected chi connectivity index (χ2v) is 6.16. The first kappa shape index (κ1) is 18.8.